The molecular formula is C28H34N2O5. The van der Waals surface area contributed by atoms with E-state index in [0.717, 1.165) is 47.9 Å². The molecule has 0 radical (unpaired) electrons. The van der Waals surface area contributed by atoms with Crippen molar-refractivity contribution in [3.8, 4) is 11.1 Å². The van der Waals surface area contributed by atoms with E-state index in [4.69, 9.17) is 4.74 Å². The number of aliphatic carboxylic acids is 1. The van der Waals surface area contributed by atoms with Crippen LogP contribution in [0.15, 0.2) is 48.5 Å². The van der Waals surface area contributed by atoms with Gasteiger partial charge in [-0.05, 0) is 48.4 Å². The Morgan fingerprint density at radius 2 is 1.57 bits per heavy atom. The van der Waals surface area contributed by atoms with Crippen LogP contribution in [0.1, 0.15) is 63.0 Å². The number of amides is 2. The molecule has 2 aliphatic carbocycles. The van der Waals surface area contributed by atoms with Gasteiger partial charge in [-0.25, -0.2) is 4.79 Å². The molecule has 0 spiro atoms. The number of carboxylic acid groups (broad SMARTS) is 1. The van der Waals surface area contributed by atoms with Crippen molar-refractivity contribution in [3.05, 3.63) is 59.7 Å². The Labute approximate surface area is 206 Å². The summed E-state index contributed by atoms with van der Waals surface area (Å²) in [5, 5.41) is 14.9. The Morgan fingerprint density at radius 1 is 1.00 bits per heavy atom. The van der Waals surface area contributed by atoms with Gasteiger partial charge in [-0.15, -0.1) is 0 Å². The molecule has 1 atom stereocenters. The molecule has 3 N–H and O–H groups in total. The van der Waals surface area contributed by atoms with Crippen LogP contribution in [0, 0.1) is 11.8 Å². The third-order valence-electron chi connectivity index (χ3n) is 7.28. The molecule has 0 aliphatic heterocycles. The Morgan fingerprint density at radius 3 is 2.14 bits per heavy atom. The number of rotatable bonds is 9. The lowest BCUT2D eigenvalue weighted by Gasteiger charge is -2.26. The van der Waals surface area contributed by atoms with E-state index in [2.05, 4.69) is 22.8 Å². The number of carbonyl (C=O) groups is 3. The van der Waals surface area contributed by atoms with Gasteiger partial charge < -0.3 is 20.5 Å². The molecule has 35 heavy (non-hydrogen) atoms. The van der Waals surface area contributed by atoms with E-state index in [1.54, 1.807) is 13.8 Å². The Bertz CT molecular complexity index is 1040. The third-order valence-corrected chi connectivity index (χ3v) is 7.28. The second kappa shape index (κ2) is 10.5. The predicted octanol–water partition coefficient (Wildman–Crippen LogP) is 4.70. The molecule has 4 rings (SSSR count). The van der Waals surface area contributed by atoms with Crippen LogP contribution >= 0.6 is 0 Å². The van der Waals surface area contributed by atoms with Crippen LogP contribution in [0.3, 0.4) is 0 Å². The van der Waals surface area contributed by atoms with Gasteiger partial charge in [0.2, 0.25) is 5.91 Å². The molecule has 0 heterocycles. The first-order chi connectivity index (χ1) is 16.8. The summed E-state index contributed by atoms with van der Waals surface area (Å²) in [6.07, 6.45) is 4.25. The van der Waals surface area contributed by atoms with Crippen molar-refractivity contribution in [1.82, 2.24) is 10.6 Å². The van der Waals surface area contributed by atoms with Crippen molar-refractivity contribution in [2.24, 2.45) is 11.8 Å². The second-order valence-electron chi connectivity index (χ2n) is 10.2. The SMILES string of the molecule is CC(C)(NC(=O)OCC1c2ccccc2-c2ccccc21)C(=O)NCC(CC1CCCC1)C(=O)O. The van der Waals surface area contributed by atoms with Crippen LogP contribution in [0.4, 0.5) is 4.79 Å². The molecule has 2 aromatic carbocycles. The Balaban J connectivity index is 1.31. The number of nitrogens with one attached hydrogen (secondary N) is 2. The Kier molecular flexibility index (Phi) is 7.43. The van der Waals surface area contributed by atoms with Gasteiger partial charge in [0, 0.05) is 12.5 Å². The van der Waals surface area contributed by atoms with Crippen molar-refractivity contribution in [1.29, 1.82) is 0 Å². The van der Waals surface area contributed by atoms with Crippen LogP contribution in [-0.4, -0.2) is 41.8 Å². The summed E-state index contributed by atoms with van der Waals surface area (Å²) in [5.74, 6) is -1.65. The van der Waals surface area contributed by atoms with E-state index in [-0.39, 0.29) is 19.1 Å². The van der Waals surface area contributed by atoms with Crippen LogP contribution in [0.5, 0.6) is 0 Å². The first-order valence-corrected chi connectivity index (χ1v) is 12.4. The molecular weight excluding hydrogens is 444 g/mol. The molecule has 186 valence electrons. The fraction of sp³-hybridized carbons (Fsp3) is 0.464. The maximum atomic E-state index is 12.8. The van der Waals surface area contributed by atoms with Crippen LogP contribution in [0.25, 0.3) is 11.1 Å². The van der Waals surface area contributed by atoms with E-state index in [1.807, 2.05) is 36.4 Å². The predicted molar refractivity (Wildman–Crippen MR) is 133 cm³/mol. The number of hydrogen-bond acceptors (Lipinski definition) is 4. The zero-order chi connectivity index (χ0) is 25.0. The zero-order valence-corrected chi connectivity index (χ0v) is 20.4. The third kappa shape index (κ3) is 5.66. The maximum absolute atomic E-state index is 12.8. The molecule has 7 nitrogen and oxygen atoms in total. The second-order valence-corrected chi connectivity index (χ2v) is 10.2. The van der Waals surface area contributed by atoms with Crippen molar-refractivity contribution in [3.63, 3.8) is 0 Å². The monoisotopic (exact) mass is 478 g/mol. The molecule has 0 saturated heterocycles. The summed E-state index contributed by atoms with van der Waals surface area (Å²) in [6, 6.07) is 16.2. The summed E-state index contributed by atoms with van der Waals surface area (Å²) in [4.78, 5) is 37.1. The van der Waals surface area contributed by atoms with Gasteiger partial charge in [-0.2, -0.15) is 0 Å². The molecule has 2 amide bonds. The van der Waals surface area contributed by atoms with Crippen LogP contribution in [-0.2, 0) is 14.3 Å². The van der Waals surface area contributed by atoms with Crippen molar-refractivity contribution in [2.75, 3.05) is 13.2 Å². The minimum absolute atomic E-state index is 0.0421. The number of fused-ring (bicyclic) bond motifs is 3. The van der Waals surface area contributed by atoms with Gasteiger partial charge in [-0.3, -0.25) is 9.59 Å². The fourth-order valence-electron chi connectivity index (χ4n) is 5.30. The summed E-state index contributed by atoms with van der Waals surface area (Å²) in [6.45, 7) is 3.35. The van der Waals surface area contributed by atoms with E-state index < -0.39 is 29.4 Å². The minimum Gasteiger partial charge on any atom is -0.481 e. The zero-order valence-electron chi connectivity index (χ0n) is 20.4. The van der Waals surface area contributed by atoms with Crippen molar-refractivity contribution < 1.29 is 24.2 Å². The standard InChI is InChI=1S/C28H34N2O5/c1-28(2,26(33)29-16-19(25(31)32)15-18-9-3-4-10-18)30-27(34)35-17-24-22-13-7-5-11-20(22)21-12-6-8-14-23(21)24/h5-8,11-14,18-19,24H,3-4,9-10,15-17H2,1-2H3,(H,29,33)(H,30,34)(H,31,32). The molecule has 1 saturated carbocycles. The quantitative estimate of drug-likeness (QED) is 0.485. The van der Waals surface area contributed by atoms with E-state index in [0.29, 0.717) is 12.3 Å². The fourth-order valence-corrected chi connectivity index (χ4v) is 5.30. The van der Waals surface area contributed by atoms with E-state index in [9.17, 15) is 19.5 Å². The van der Waals surface area contributed by atoms with E-state index in [1.165, 1.54) is 0 Å². The molecule has 0 bridgehead atoms. The first kappa shape index (κ1) is 24.8. The average molecular weight is 479 g/mol. The smallest absolute Gasteiger partial charge is 0.408 e. The number of carboxylic acids is 1. The normalized spacial score (nSPS) is 16.3. The number of benzene rings is 2. The number of ether oxygens (including phenoxy) is 1. The molecule has 2 aromatic rings. The highest BCUT2D eigenvalue weighted by atomic mass is 16.5. The number of hydrogen-bond donors (Lipinski definition) is 3. The van der Waals surface area contributed by atoms with Gasteiger partial charge in [0.25, 0.3) is 0 Å². The van der Waals surface area contributed by atoms with Crippen LogP contribution in [0.2, 0.25) is 0 Å². The number of alkyl carbamates (subject to hydrolysis) is 1. The highest BCUT2D eigenvalue weighted by Gasteiger charge is 2.33. The molecule has 1 unspecified atom stereocenters. The molecule has 0 aromatic heterocycles. The van der Waals surface area contributed by atoms with Gasteiger partial charge >= 0.3 is 12.1 Å². The summed E-state index contributed by atoms with van der Waals surface area (Å²) < 4.78 is 5.55. The van der Waals surface area contributed by atoms with Gasteiger partial charge in [0.1, 0.15) is 12.1 Å². The lowest BCUT2D eigenvalue weighted by molar-refractivity contribution is -0.142. The molecule has 1 fully saturated rings. The summed E-state index contributed by atoms with van der Waals surface area (Å²) in [7, 11) is 0. The summed E-state index contributed by atoms with van der Waals surface area (Å²) >= 11 is 0. The molecule has 7 heteroatoms. The lowest BCUT2D eigenvalue weighted by atomic mass is 9.93. The van der Waals surface area contributed by atoms with Crippen molar-refractivity contribution in [2.45, 2.75) is 57.4 Å². The van der Waals surface area contributed by atoms with Gasteiger partial charge in [-0.1, -0.05) is 74.2 Å². The van der Waals surface area contributed by atoms with Crippen LogP contribution < -0.4 is 10.6 Å². The first-order valence-electron chi connectivity index (χ1n) is 12.4. The number of carbonyl (C=O) groups excluding carboxylic acids is 2. The van der Waals surface area contributed by atoms with Crippen molar-refractivity contribution >= 4 is 18.0 Å². The largest absolute Gasteiger partial charge is 0.481 e. The topological polar surface area (TPSA) is 105 Å². The maximum Gasteiger partial charge on any atom is 0.408 e. The van der Waals surface area contributed by atoms with Gasteiger partial charge in [0.15, 0.2) is 0 Å². The Hall–Kier alpha value is -3.35. The van der Waals surface area contributed by atoms with E-state index >= 15 is 0 Å². The average Bonchev–Trinajstić information content (AvgIpc) is 3.45. The van der Waals surface area contributed by atoms with Gasteiger partial charge in [0.05, 0.1) is 5.92 Å². The summed E-state index contributed by atoms with van der Waals surface area (Å²) in [5.41, 5.74) is 3.25. The highest BCUT2D eigenvalue weighted by molar-refractivity contribution is 5.89. The molecule has 2 aliphatic rings. The lowest BCUT2D eigenvalue weighted by Crippen LogP contribution is -2.55. The minimum atomic E-state index is -1.25. The highest BCUT2D eigenvalue weighted by Crippen LogP contribution is 2.44.